The Balaban J connectivity index is 2.01. The predicted octanol–water partition coefficient (Wildman–Crippen LogP) is 2.69. The highest BCUT2D eigenvalue weighted by Gasteiger charge is 2.33. The molecule has 0 aliphatic heterocycles. The zero-order chi connectivity index (χ0) is 26.7. The predicted molar refractivity (Wildman–Crippen MR) is 139 cm³/mol. The standard InChI is InChI=1S/C28H36N4O4/c1-6-17-28(2,3)19-30-18-22-11-9-20(10-12-22)7-8-21-13-15-23(16-14-21)27(35)32(5)24(25(33)29-4)26(34)31-36/h9-16,24,30,36H,6,17-19H2,1-5H3,(H,29,33)(H,31,34). The third kappa shape index (κ3) is 8.22. The number of nitrogens with zero attached hydrogens (tertiary/aromatic N) is 1. The first-order valence-corrected chi connectivity index (χ1v) is 12.0. The van der Waals surface area contributed by atoms with E-state index in [0.717, 1.165) is 23.6 Å². The molecule has 3 amide bonds. The zero-order valence-corrected chi connectivity index (χ0v) is 21.6. The maximum absolute atomic E-state index is 12.8. The molecule has 8 heteroatoms. The number of hydroxylamine groups is 1. The smallest absolute Gasteiger partial charge is 0.275 e. The van der Waals surface area contributed by atoms with Crippen molar-refractivity contribution in [1.29, 1.82) is 0 Å². The molecular formula is C28H36N4O4. The molecule has 1 unspecified atom stereocenters. The quantitative estimate of drug-likeness (QED) is 0.176. The second-order valence-electron chi connectivity index (χ2n) is 9.45. The Bertz CT molecular complexity index is 1080. The molecular weight excluding hydrogens is 456 g/mol. The third-order valence-corrected chi connectivity index (χ3v) is 5.86. The van der Waals surface area contributed by atoms with Crippen molar-refractivity contribution < 1.29 is 19.6 Å². The van der Waals surface area contributed by atoms with Gasteiger partial charge in [-0.25, -0.2) is 5.48 Å². The molecule has 4 N–H and O–H groups in total. The fourth-order valence-corrected chi connectivity index (χ4v) is 3.85. The van der Waals surface area contributed by atoms with E-state index in [0.29, 0.717) is 5.56 Å². The molecule has 0 bridgehead atoms. The number of carbonyl (C=O) groups excluding carboxylic acids is 3. The molecule has 0 fully saturated rings. The van der Waals surface area contributed by atoms with Crippen LogP contribution < -0.4 is 16.1 Å². The van der Waals surface area contributed by atoms with Crippen molar-refractivity contribution in [2.24, 2.45) is 5.41 Å². The van der Waals surface area contributed by atoms with E-state index in [1.54, 1.807) is 24.3 Å². The summed E-state index contributed by atoms with van der Waals surface area (Å²) in [6.07, 6.45) is 2.37. The number of hydrogen-bond donors (Lipinski definition) is 4. The van der Waals surface area contributed by atoms with E-state index in [1.165, 1.54) is 38.0 Å². The number of likely N-dealkylation sites (N-methyl/N-ethyl adjacent to an activating group) is 2. The molecule has 0 aliphatic carbocycles. The lowest BCUT2D eigenvalue weighted by Gasteiger charge is -2.25. The summed E-state index contributed by atoms with van der Waals surface area (Å²) in [7, 11) is 2.65. The fraction of sp³-hybridized carbons (Fsp3) is 0.393. The second kappa shape index (κ2) is 13.4. The van der Waals surface area contributed by atoms with Crippen LogP contribution in [-0.2, 0) is 16.1 Å². The van der Waals surface area contributed by atoms with Gasteiger partial charge in [0.1, 0.15) is 0 Å². The highest BCUT2D eigenvalue weighted by molar-refractivity contribution is 6.08. The first-order valence-electron chi connectivity index (χ1n) is 12.0. The first-order chi connectivity index (χ1) is 17.1. The van der Waals surface area contributed by atoms with Crippen LogP contribution >= 0.6 is 0 Å². The van der Waals surface area contributed by atoms with Gasteiger partial charge in [0.2, 0.25) is 0 Å². The van der Waals surface area contributed by atoms with Crippen LogP contribution in [0.4, 0.5) is 0 Å². The molecule has 192 valence electrons. The van der Waals surface area contributed by atoms with Crippen LogP contribution in [0.15, 0.2) is 48.5 Å². The van der Waals surface area contributed by atoms with Crippen molar-refractivity contribution in [3.63, 3.8) is 0 Å². The summed E-state index contributed by atoms with van der Waals surface area (Å²) in [5, 5.41) is 14.7. The van der Waals surface area contributed by atoms with E-state index in [4.69, 9.17) is 5.21 Å². The number of benzene rings is 2. The van der Waals surface area contributed by atoms with Crippen LogP contribution in [0.25, 0.3) is 0 Å². The van der Waals surface area contributed by atoms with Gasteiger partial charge in [0.25, 0.3) is 17.7 Å². The average molecular weight is 493 g/mol. The molecule has 0 saturated carbocycles. The number of amides is 3. The fourth-order valence-electron chi connectivity index (χ4n) is 3.85. The second-order valence-corrected chi connectivity index (χ2v) is 9.45. The summed E-state index contributed by atoms with van der Waals surface area (Å²) in [6.45, 7) is 8.55. The van der Waals surface area contributed by atoms with Crippen molar-refractivity contribution >= 4 is 17.7 Å². The van der Waals surface area contributed by atoms with E-state index in [1.807, 2.05) is 12.1 Å². The summed E-state index contributed by atoms with van der Waals surface area (Å²) in [6, 6.07) is 13.1. The van der Waals surface area contributed by atoms with Crippen LogP contribution in [0.2, 0.25) is 0 Å². The van der Waals surface area contributed by atoms with Gasteiger partial charge in [-0.3, -0.25) is 19.6 Å². The van der Waals surface area contributed by atoms with E-state index < -0.39 is 23.8 Å². The normalized spacial score (nSPS) is 11.6. The summed E-state index contributed by atoms with van der Waals surface area (Å²) in [5.74, 6) is 3.93. The Morgan fingerprint density at radius 3 is 2.03 bits per heavy atom. The van der Waals surface area contributed by atoms with Crippen LogP contribution in [0.5, 0.6) is 0 Å². The summed E-state index contributed by atoms with van der Waals surface area (Å²) < 4.78 is 0. The third-order valence-electron chi connectivity index (χ3n) is 5.86. The highest BCUT2D eigenvalue weighted by atomic mass is 16.5. The topological polar surface area (TPSA) is 111 Å². The van der Waals surface area contributed by atoms with Crippen LogP contribution in [0.1, 0.15) is 60.7 Å². The highest BCUT2D eigenvalue weighted by Crippen LogP contribution is 2.20. The monoisotopic (exact) mass is 492 g/mol. The van der Waals surface area contributed by atoms with E-state index in [-0.39, 0.29) is 11.0 Å². The molecule has 1 atom stereocenters. The lowest BCUT2D eigenvalue weighted by molar-refractivity contribution is -0.140. The van der Waals surface area contributed by atoms with Crippen molar-refractivity contribution in [1.82, 2.24) is 21.0 Å². The number of hydrogen-bond acceptors (Lipinski definition) is 5. The molecule has 2 rings (SSSR count). The van der Waals surface area contributed by atoms with Gasteiger partial charge in [-0.15, -0.1) is 0 Å². The molecule has 0 heterocycles. The van der Waals surface area contributed by atoms with Gasteiger partial charge in [-0.1, -0.05) is 51.2 Å². The van der Waals surface area contributed by atoms with Crippen molar-refractivity contribution in [3.8, 4) is 11.8 Å². The Morgan fingerprint density at radius 2 is 1.53 bits per heavy atom. The Morgan fingerprint density at radius 1 is 0.972 bits per heavy atom. The summed E-state index contributed by atoms with van der Waals surface area (Å²) in [4.78, 5) is 37.6. The first kappa shape index (κ1) is 28.6. The van der Waals surface area contributed by atoms with Crippen LogP contribution in [0, 0.1) is 17.3 Å². The van der Waals surface area contributed by atoms with E-state index in [2.05, 4.69) is 55.4 Å². The Kier molecular flexibility index (Phi) is 10.7. The molecule has 8 nitrogen and oxygen atoms in total. The molecule has 0 aliphatic rings. The molecule has 0 spiro atoms. The molecule has 2 aromatic rings. The van der Waals surface area contributed by atoms with Gasteiger partial charge < -0.3 is 15.5 Å². The molecule has 0 aromatic heterocycles. The van der Waals surface area contributed by atoms with E-state index in [9.17, 15) is 14.4 Å². The minimum Gasteiger partial charge on any atom is -0.357 e. The van der Waals surface area contributed by atoms with E-state index >= 15 is 0 Å². The average Bonchev–Trinajstić information content (AvgIpc) is 2.87. The Labute approximate surface area is 213 Å². The lowest BCUT2D eigenvalue weighted by Crippen LogP contribution is -2.54. The SMILES string of the molecule is CCCC(C)(C)CNCc1ccc(C#Cc2ccc(C(=O)N(C)C(C(=O)NC)C(=O)NO)cc2)cc1. The largest absolute Gasteiger partial charge is 0.357 e. The number of nitrogens with one attached hydrogen (secondary N) is 3. The summed E-state index contributed by atoms with van der Waals surface area (Å²) in [5.41, 5.74) is 4.78. The van der Waals surface area contributed by atoms with Gasteiger partial charge in [0, 0.05) is 43.9 Å². The van der Waals surface area contributed by atoms with Gasteiger partial charge >= 0.3 is 0 Å². The zero-order valence-electron chi connectivity index (χ0n) is 21.6. The minimum absolute atomic E-state index is 0.279. The van der Waals surface area contributed by atoms with Crippen molar-refractivity contribution in [2.45, 2.75) is 46.2 Å². The lowest BCUT2D eigenvalue weighted by atomic mass is 9.88. The van der Waals surface area contributed by atoms with Gasteiger partial charge in [0.15, 0.2) is 6.04 Å². The van der Waals surface area contributed by atoms with Gasteiger partial charge in [-0.2, -0.15) is 0 Å². The van der Waals surface area contributed by atoms with Crippen LogP contribution in [-0.4, -0.2) is 54.5 Å². The molecule has 36 heavy (non-hydrogen) atoms. The van der Waals surface area contributed by atoms with Gasteiger partial charge in [0.05, 0.1) is 0 Å². The van der Waals surface area contributed by atoms with Crippen molar-refractivity contribution in [3.05, 3.63) is 70.8 Å². The Hall–Kier alpha value is -3.67. The molecule has 0 radical (unpaired) electrons. The maximum Gasteiger partial charge on any atom is 0.275 e. The minimum atomic E-state index is -1.51. The molecule has 0 saturated heterocycles. The number of rotatable bonds is 10. The van der Waals surface area contributed by atoms with Crippen molar-refractivity contribution in [2.75, 3.05) is 20.6 Å². The maximum atomic E-state index is 12.8. The van der Waals surface area contributed by atoms with Gasteiger partial charge in [-0.05, 0) is 53.8 Å². The number of carbonyl (C=O) groups is 3. The summed E-state index contributed by atoms with van der Waals surface area (Å²) >= 11 is 0. The molecule has 2 aromatic carbocycles. The van der Waals surface area contributed by atoms with Crippen LogP contribution in [0.3, 0.4) is 0 Å².